The summed E-state index contributed by atoms with van der Waals surface area (Å²) in [7, 11) is 0. The molecule has 0 aromatic carbocycles. The van der Waals surface area contributed by atoms with Crippen molar-refractivity contribution < 1.29 is 43.8 Å². The highest BCUT2D eigenvalue weighted by Crippen LogP contribution is 2.01. The molecule has 24 heavy (non-hydrogen) atoms. The third kappa shape index (κ3) is 22.8. The Kier molecular flexibility index (Phi) is 20.4. The van der Waals surface area contributed by atoms with Gasteiger partial charge in [-0.15, -0.1) is 23.5 Å². The Morgan fingerprint density at radius 2 is 1.00 bits per heavy atom. The highest BCUT2D eigenvalue weighted by Gasteiger charge is 2.12. The summed E-state index contributed by atoms with van der Waals surface area (Å²) < 4.78 is 7.83. The smallest absolute Gasteiger partial charge is 0.321 e. The maximum absolute atomic E-state index is 10.1. The molecule has 0 radical (unpaired) electrons. The molecule has 2 atom stereocenters. The van der Waals surface area contributed by atoms with Gasteiger partial charge < -0.3 is 31.9 Å². The minimum Gasteiger partial charge on any atom is -0.481 e. The minimum atomic E-state index is -1.11. The Balaban J connectivity index is -0.000000333. The van der Waals surface area contributed by atoms with E-state index in [2.05, 4.69) is 12.5 Å². The van der Waals surface area contributed by atoms with E-state index in [0.717, 1.165) is 23.5 Å². The first kappa shape index (κ1) is 27.4. The topological polar surface area (TPSA) is 218 Å². The van der Waals surface area contributed by atoms with Crippen LogP contribution in [0.1, 0.15) is 0 Å². The standard InChI is InChI=1S/2C5H9NO4S.OS/c2*6-3(5(9)10)1-11-2-4(7)8;1-2/h2*3H,1-2,6H2,(H,7,8)(H,9,10);/t2*3-;/m00./s1. The van der Waals surface area contributed by atoms with Crippen molar-refractivity contribution in [3.8, 4) is 0 Å². The fraction of sp³-hybridized carbons (Fsp3) is 0.600. The summed E-state index contributed by atoms with van der Waals surface area (Å²) in [6, 6.07) is -1.95. The number of carboxylic acid groups (broad SMARTS) is 4. The van der Waals surface area contributed by atoms with Gasteiger partial charge in [0.05, 0.1) is 11.5 Å². The van der Waals surface area contributed by atoms with Crippen molar-refractivity contribution >= 4 is 59.9 Å². The van der Waals surface area contributed by atoms with Crippen molar-refractivity contribution in [2.75, 3.05) is 23.0 Å². The molecule has 0 bridgehead atoms. The van der Waals surface area contributed by atoms with E-state index in [1.807, 2.05) is 0 Å². The van der Waals surface area contributed by atoms with Crippen molar-refractivity contribution in [1.82, 2.24) is 0 Å². The van der Waals surface area contributed by atoms with Crippen LogP contribution in [0.5, 0.6) is 0 Å². The average molecular weight is 406 g/mol. The lowest BCUT2D eigenvalue weighted by Gasteiger charge is -2.02. The van der Waals surface area contributed by atoms with Crippen molar-refractivity contribution in [3.63, 3.8) is 0 Å². The molecule has 14 heteroatoms. The maximum atomic E-state index is 10.1. The van der Waals surface area contributed by atoms with Crippen LogP contribution in [0, 0.1) is 0 Å². The number of rotatable bonds is 10. The van der Waals surface area contributed by atoms with Crippen LogP contribution in [-0.4, -0.2) is 83.6 Å². The molecule has 0 aromatic rings. The predicted molar refractivity (Wildman–Crippen MR) is 89.3 cm³/mol. The first-order chi connectivity index (χ1) is 11.1. The van der Waals surface area contributed by atoms with Crippen molar-refractivity contribution in [2.24, 2.45) is 11.5 Å². The molecule has 140 valence electrons. The SMILES string of the molecule is N[C@@H](CSCC(=O)O)C(=O)O.N[C@@H](CSCC(=O)O)C(=O)O.O=S. The summed E-state index contributed by atoms with van der Waals surface area (Å²) >= 11 is 4.82. The van der Waals surface area contributed by atoms with Crippen LogP contribution in [0.2, 0.25) is 0 Å². The number of thioether (sulfide) groups is 2. The highest BCUT2D eigenvalue weighted by atomic mass is 32.2. The Hall–Kier alpha value is -1.48. The molecule has 0 rings (SSSR count). The summed E-state index contributed by atoms with van der Waals surface area (Å²) in [4.78, 5) is 40.1. The number of nitrogens with two attached hydrogens (primary N) is 2. The third-order valence-corrected chi connectivity index (χ3v) is 3.77. The van der Waals surface area contributed by atoms with Gasteiger partial charge in [0.15, 0.2) is 12.5 Å². The van der Waals surface area contributed by atoms with E-state index in [4.69, 9.17) is 36.1 Å². The lowest BCUT2D eigenvalue weighted by Crippen LogP contribution is -2.32. The number of hydrogen-bond acceptors (Lipinski definition) is 10. The Bertz CT molecular complexity index is 375. The van der Waals surface area contributed by atoms with Gasteiger partial charge in [-0.05, 0) is 0 Å². The van der Waals surface area contributed by atoms with Crippen LogP contribution in [0.15, 0.2) is 0 Å². The second kappa shape index (κ2) is 17.9. The molecule has 0 aliphatic rings. The fourth-order valence-corrected chi connectivity index (χ4v) is 2.07. The van der Waals surface area contributed by atoms with Gasteiger partial charge in [-0.3, -0.25) is 19.2 Å². The van der Waals surface area contributed by atoms with Crippen molar-refractivity contribution in [1.29, 1.82) is 0 Å². The molecule has 0 aliphatic heterocycles. The zero-order chi connectivity index (χ0) is 19.7. The average Bonchev–Trinajstić information content (AvgIpc) is 2.48. The zero-order valence-electron chi connectivity index (χ0n) is 12.2. The van der Waals surface area contributed by atoms with Gasteiger partial charge >= 0.3 is 23.9 Å². The Labute approximate surface area is 150 Å². The molecule has 0 aliphatic carbocycles. The van der Waals surface area contributed by atoms with Crippen molar-refractivity contribution in [2.45, 2.75) is 12.1 Å². The fourth-order valence-electron chi connectivity index (χ4n) is 0.689. The lowest BCUT2D eigenvalue weighted by atomic mass is 10.4. The molecule has 0 amide bonds. The van der Waals surface area contributed by atoms with Crippen LogP contribution in [-0.2, 0) is 31.7 Å². The Morgan fingerprint density at radius 3 is 1.17 bits per heavy atom. The van der Waals surface area contributed by atoms with Crippen molar-refractivity contribution in [3.05, 3.63) is 0 Å². The largest absolute Gasteiger partial charge is 0.481 e. The summed E-state index contributed by atoms with van der Waals surface area (Å²) in [5.41, 5.74) is 10.2. The van der Waals surface area contributed by atoms with E-state index >= 15 is 0 Å². The molecule has 11 nitrogen and oxygen atoms in total. The molecule has 0 aromatic heterocycles. The van der Waals surface area contributed by atoms with E-state index in [9.17, 15) is 19.2 Å². The molecule has 0 fully saturated rings. The van der Waals surface area contributed by atoms with Gasteiger partial charge in [-0.1, -0.05) is 0 Å². The summed E-state index contributed by atoms with van der Waals surface area (Å²) in [6.45, 7) is 0. The highest BCUT2D eigenvalue weighted by molar-refractivity contribution is 8.00. The molecular formula is C10H18N2O9S3. The normalized spacial score (nSPS) is 11.6. The van der Waals surface area contributed by atoms with E-state index in [0.29, 0.717) is 0 Å². The predicted octanol–water partition coefficient (Wildman–Crippen LogP) is -1.90. The van der Waals surface area contributed by atoms with Crippen LogP contribution >= 0.6 is 23.5 Å². The number of carbonyl (C=O) groups is 4. The van der Waals surface area contributed by atoms with Gasteiger partial charge in [0.25, 0.3) is 0 Å². The second-order valence-electron chi connectivity index (χ2n) is 3.71. The third-order valence-electron chi connectivity index (χ3n) is 1.68. The monoisotopic (exact) mass is 406 g/mol. The van der Waals surface area contributed by atoms with Crippen LogP contribution in [0.4, 0.5) is 0 Å². The second-order valence-corrected chi connectivity index (χ2v) is 5.77. The van der Waals surface area contributed by atoms with Gasteiger partial charge in [0.2, 0.25) is 0 Å². The molecule has 0 spiro atoms. The molecule has 0 heterocycles. The molecular weight excluding hydrogens is 388 g/mol. The number of aliphatic carboxylic acids is 4. The summed E-state index contributed by atoms with van der Waals surface area (Å²) in [5.74, 6) is -4.11. The van der Waals surface area contributed by atoms with Gasteiger partial charge in [-0.2, -0.15) is 4.21 Å². The van der Waals surface area contributed by atoms with E-state index in [1.165, 1.54) is 0 Å². The zero-order valence-corrected chi connectivity index (χ0v) is 14.6. The van der Waals surface area contributed by atoms with E-state index < -0.39 is 36.0 Å². The number of carboxylic acids is 4. The van der Waals surface area contributed by atoms with Gasteiger partial charge in [0, 0.05) is 11.5 Å². The van der Waals surface area contributed by atoms with E-state index in [1.54, 1.807) is 0 Å². The number of hydrogen-bond donors (Lipinski definition) is 6. The van der Waals surface area contributed by atoms with Crippen LogP contribution < -0.4 is 11.5 Å². The first-order valence-electron chi connectivity index (χ1n) is 5.80. The van der Waals surface area contributed by atoms with Gasteiger partial charge in [0.1, 0.15) is 12.1 Å². The first-order valence-corrected chi connectivity index (χ1v) is 8.44. The van der Waals surface area contributed by atoms with E-state index in [-0.39, 0.29) is 23.0 Å². The molecule has 0 saturated heterocycles. The maximum Gasteiger partial charge on any atom is 0.321 e. The quantitative estimate of drug-likeness (QED) is 0.233. The molecule has 0 unspecified atom stereocenters. The van der Waals surface area contributed by atoms with Crippen LogP contribution in [0.3, 0.4) is 0 Å². The lowest BCUT2D eigenvalue weighted by molar-refractivity contribution is -0.138. The van der Waals surface area contributed by atoms with Gasteiger partial charge in [-0.25, -0.2) is 0 Å². The molecule has 0 saturated carbocycles. The van der Waals surface area contributed by atoms with Crippen LogP contribution in [0.25, 0.3) is 0 Å². The summed E-state index contributed by atoms with van der Waals surface area (Å²) in [5, 5.41) is 32.8. The minimum absolute atomic E-state index is 0.110. The molecule has 8 N–H and O–H groups in total. The Morgan fingerprint density at radius 1 is 0.750 bits per heavy atom. The summed E-state index contributed by atoms with van der Waals surface area (Å²) in [6.07, 6.45) is 0.